The van der Waals surface area contributed by atoms with Gasteiger partial charge in [0, 0.05) is 17.8 Å². The van der Waals surface area contributed by atoms with Crippen LogP contribution in [0.5, 0.6) is 5.75 Å². The molecular formula is C15H15N3O4. The minimum atomic E-state index is -0.586. The number of benzene rings is 1. The van der Waals surface area contributed by atoms with Gasteiger partial charge in [-0.2, -0.15) is 0 Å². The maximum absolute atomic E-state index is 12.2. The number of hydrogen-bond acceptors (Lipinski definition) is 5. The van der Waals surface area contributed by atoms with Gasteiger partial charge in [-0.25, -0.2) is 0 Å². The predicted octanol–water partition coefficient (Wildman–Crippen LogP) is 2.49. The fourth-order valence-electron chi connectivity index (χ4n) is 1.96. The van der Waals surface area contributed by atoms with Gasteiger partial charge in [0.1, 0.15) is 0 Å². The molecule has 0 radical (unpaired) electrons. The molecule has 22 heavy (non-hydrogen) atoms. The molecule has 1 heterocycles. The number of nitrogens with one attached hydrogen (secondary N) is 1. The molecule has 1 amide bonds. The number of nitro benzene ring substituents is 1. The Balaban J connectivity index is 2.19. The second kappa shape index (κ2) is 6.66. The molecule has 114 valence electrons. The highest BCUT2D eigenvalue weighted by molar-refractivity contribution is 5.95. The quantitative estimate of drug-likeness (QED) is 0.676. The molecule has 0 fully saturated rings. The van der Waals surface area contributed by atoms with Gasteiger partial charge in [0.25, 0.3) is 5.91 Å². The summed E-state index contributed by atoms with van der Waals surface area (Å²) in [6, 6.07) is 9.16. The third kappa shape index (κ3) is 3.38. The lowest BCUT2D eigenvalue weighted by molar-refractivity contribution is -0.385. The van der Waals surface area contributed by atoms with Gasteiger partial charge in [-0.3, -0.25) is 19.9 Å². The molecule has 2 rings (SSSR count). The number of rotatable bonds is 5. The monoisotopic (exact) mass is 301 g/mol. The third-order valence-electron chi connectivity index (χ3n) is 3.12. The Morgan fingerprint density at radius 1 is 1.36 bits per heavy atom. The van der Waals surface area contributed by atoms with E-state index in [2.05, 4.69) is 10.3 Å². The lowest BCUT2D eigenvalue weighted by Crippen LogP contribution is -2.27. The number of aromatic nitrogens is 1. The molecule has 0 aliphatic heterocycles. The van der Waals surface area contributed by atoms with Crippen molar-refractivity contribution in [3.8, 4) is 5.75 Å². The summed E-state index contributed by atoms with van der Waals surface area (Å²) in [5.41, 5.74) is 0.648. The number of carbonyl (C=O) groups is 1. The van der Waals surface area contributed by atoms with Crippen molar-refractivity contribution in [2.24, 2.45) is 0 Å². The fourth-order valence-corrected chi connectivity index (χ4v) is 1.96. The number of carbonyl (C=O) groups excluding carboxylic acids is 1. The summed E-state index contributed by atoms with van der Waals surface area (Å²) in [6.07, 6.45) is 1.64. The Kier molecular flexibility index (Phi) is 4.67. The highest BCUT2D eigenvalue weighted by atomic mass is 16.6. The minimum absolute atomic E-state index is 0.110. The number of hydrogen-bond donors (Lipinski definition) is 1. The van der Waals surface area contributed by atoms with E-state index in [1.807, 2.05) is 6.07 Å². The molecule has 7 heteroatoms. The molecule has 1 atom stereocenters. The standard InChI is InChI=1S/C15H15N3O4/c1-10(12-5-3-4-8-16-12)17-15(19)11-6-7-14(22-2)13(9-11)18(20)21/h3-10H,1-2H3,(H,17,19). The van der Waals surface area contributed by atoms with Crippen LogP contribution >= 0.6 is 0 Å². The molecule has 0 saturated heterocycles. The average molecular weight is 301 g/mol. The molecule has 1 unspecified atom stereocenters. The Bertz CT molecular complexity index is 688. The van der Waals surface area contributed by atoms with Crippen molar-refractivity contribution < 1.29 is 14.5 Å². The third-order valence-corrected chi connectivity index (χ3v) is 3.12. The van der Waals surface area contributed by atoms with E-state index in [1.165, 1.54) is 25.3 Å². The van der Waals surface area contributed by atoms with Crippen LogP contribution in [0, 0.1) is 10.1 Å². The second-order valence-electron chi connectivity index (χ2n) is 4.59. The smallest absolute Gasteiger partial charge is 0.311 e. The fraction of sp³-hybridized carbons (Fsp3) is 0.200. The Labute approximate surface area is 127 Å². The van der Waals surface area contributed by atoms with Crippen molar-refractivity contribution in [2.75, 3.05) is 7.11 Å². The van der Waals surface area contributed by atoms with Crippen LogP contribution in [0.1, 0.15) is 29.0 Å². The molecule has 0 saturated carbocycles. The molecular weight excluding hydrogens is 286 g/mol. The van der Waals surface area contributed by atoms with Crippen LogP contribution in [0.25, 0.3) is 0 Å². The van der Waals surface area contributed by atoms with E-state index in [0.717, 1.165) is 0 Å². The van der Waals surface area contributed by atoms with Crippen LogP contribution in [0.2, 0.25) is 0 Å². The summed E-state index contributed by atoms with van der Waals surface area (Å²) in [5, 5.41) is 13.7. The van der Waals surface area contributed by atoms with E-state index in [0.29, 0.717) is 5.69 Å². The first kappa shape index (κ1) is 15.4. The van der Waals surface area contributed by atoms with E-state index < -0.39 is 10.8 Å². The summed E-state index contributed by atoms with van der Waals surface area (Å²) >= 11 is 0. The predicted molar refractivity (Wildman–Crippen MR) is 79.8 cm³/mol. The van der Waals surface area contributed by atoms with Gasteiger partial charge in [-0.05, 0) is 31.2 Å². The normalized spacial score (nSPS) is 11.5. The van der Waals surface area contributed by atoms with Crippen molar-refractivity contribution in [3.05, 3.63) is 64.0 Å². The van der Waals surface area contributed by atoms with Crippen molar-refractivity contribution >= 4 is 11.6 Å². The number of nitro groups is 1. The molecule has 1 N–H and O–H groups in total. The average Bonchev–Trinajstić information content (AvgIpc) is 2.54. The van der Waals surface area contributed by atoms with Gasteiger partial charge in [-0.15, -0.1) is 0 Å². The van der Waals surface area contributed by atoms with Crippen LogP contribution in [-0.2, 0) is 0 Å². The van der Waals surface area contributed by atoms with Crippen LogP contribution in [-0.4, -0.2) is 22.9 Å². The van der Waals surface area contributed by atoms with Gasteiger partial charge < -0.3 is 10.1 Å². The number of methoxy groups -OCH3 is 1. The van der Waals surface area contributed by atoms with Crippen molar-refractivity contribution in [1.29, 1.82) is 0 Å². The van der Waals surface area contributed by atoms with Gasteiger partial charge in [0.15, 0.2) is 5.75 Å². The molecule has 1 aromatic carbocycles. The van der Waals surface area contributed by atoms with E-state index in [9.17, 15) is 14.9 Å². The van der Waals surface area contributed by atoms with Crippen LogP contribution in [0.3, 0.4) is 0 Å². The zero-order valence-corrected chi connectivity index (χ0v) is 12.1. The minimum Gasteiger partial charge on any atom is -0.490 e. The Hall–Kier alpha value is -2.96. The number of amides is 1. The molecule has 7 nitrogen and oxygen atoms in total. The second-order valence-corrected chi connectivity index (χ2v) is 4.59. The summed E-state index contributed by atoms with van der Waals surface area (Å²) in [5.74, 6) is -0.303. The molecule has 0 aliphatic carbocycles. The van der Waals surface area contributed by atoms with Gasteiger partial charge in [-0.1, -0.05) is 6.07 Å². The lowest BCUT2D eigenvalue weighted by atomic mass is 10.1. The molecule has 2 aromatic rings. The molecule has 0 bridgehead atoms. The molecule has 0 aliphatic rings. The highest BCUT2D eigenvalue weighted by Gasteiger charge is 2.19. The Morgan fingerprint density at radius 3 is 2.73 bits per heavy atom. The summed E-state index contributed by atoms with van der Waals surface area (Å²) in [7, 11) is 1.34. The summed E-state index contributed by atoms with van der Waals surface area (Å²) < 4.78 is 4.91. The SMILES string of the molecule is COc1ccc(C(=O)NC(C)c2ccccn2)cc1[N+](=O)[O-]. The van der Waals surface area contributed by atoms with E-state index in [1.54, 1.807) is 25.3 Å². The van der Waals surface area contributed by atoms with Gasteiger partial charge in [0.05, 0.1) is 23.8 Å². The maximum atomic E-state index is 12.2. The van der Waals surface area contributed by atoms with Crippen molar-refractivity contribution in [3.63, 3.8) is 0 Å². The van der Waals surface area contributed by atoms with Gasteiger partial charge in [0.2, 0.25) is 0 Å². The first-order valence-corrected chi connectivity index (χ1v) is 6.57. The largest absolute Gasteiger partial charge is 0.490 e. The van der Waals surface area contributed by atoms with E-state index in [-0.39, 0.29) is 23.0 Å². The first-order valence-electron chi connectivity index (χ1n) is 6.57. The van der Waals surface area contributed by atoms with Crippen LogP contribution < -0.4 is 10.1 Å². The maximum Gasteiger partial charge on any atom is 0.311 e. The Morgan fingerprint density at radius 2 is 2.14 bits per heavy atom. The first-order chi connectivity index (χ1) is 10.5. The van der Waals surface area contributed by atoms with Crippen molar-refractivity contribution in [1.82, 2.24) is 10.3 Å². The molecule has 1 aromatic heterocycles. The zero-order valence-electron chi connectivity index (χ0n) is 12.1. The van der Waals surface area contributed by atoms with Crippen molar-refractivity contribution in [2.45, 2.75) is 13.0 Å². The van der Waals surface area contributed by atoms with E-state index in [4.69, 9.17) is 4.74 Å². The van der Waals surface area contributed by atoms with Crippen LogP contribution in [0.4, 0.5) is 5.69 Å². The van der Waals surface area contributed by atoms with E-state index >= 15 is 0 Å². The number of pyridine rings is 1. The lowest BCUT2D eigenvalue weighted by Gasteiger charge is -2.13. The topological polar surface area (TPSA) is 94.4 Å². The van der Waals surface area contributed by atoms with Gasteiger partial charge >= 0.3 is 5.69 Å². The number of ether oxygens (including phenoxy) is 1. The highest BCUT2D eigenvalue weighted by Crippen LogP contribution is 2.27. The molecule has 0 spiro atoms. The van der Waals surface area contributed by atoms with Crippen LogP contribution in [0.15, 0.2) is 42.6 Å². The number of nitrogens with zero attached hydrogens (tertiary/aromatic N) is 2. The zero-order chi connectivity index (χ0) is 16.1. The summed E-state index contributed by atoms with van der Waals surface area (Å²) in [6.45, 7) is 1.79. The summed E-state index contributed by atoms with van der Waals surface area (Å²) in [4.78, 5) is 26.8.